The van der Waals surface area contributed by atoms with Gasteiger partial charge in [-0.1, -0.05) is 6.07 Å². The number of aromatic carboxylic acids is 1. The first kappa shape index (κ1) is 14.3. The van der Waals surface area contributed by atoms with Gasteiger partial charge in [-0.05, 0) is 19.1 Å². The van der Waals surface area contributed by atoms with Crippen molar-refractivity contribution in [3.8, 4) is 5.75 Å². The Balaban J connectivity index is 2.88. The number of primary amides is 1. The number of rotatable bonds is 4. The lowest BCUT2D eigenvalue weighted by Gasteiger charge is -2.14. The fourth-order valence-corrected chi connectivity index (χ4v) is 1.34. The smallest absolute Gasteiger partial charge is 0.339 e. The summed E-state index contributed by atoms with van der Waals surface area (Å²) in [6, 6.07) is 2.09. The van der Waals surface area contributed by atoms with Gasteiger partial charge in [-0.25, -0.2) is 9.59 Å². The zero-order valence-corrected chi connectivity index (χ0v) is 10.0. The van der Waals surface area contributed by atoms with Gasteiger partial charge in [0.15, 0.2) is 5.75 Å². The lowest BCUT2D eigenvalue weighted by molar-refractivity contribution is -0.117. The number of carbonyl (C=O) groups is 3. The van der Waals surface area contributed by atoms with Crippen molar-refractivity contribution < 1.29 is 24.6 Å². The van der Waals surface area contributed by atoms with Crippen LogP contribution in [0.25, 0.3) is 0 Å². The van der Waals surface area contributed by atoms with Crippen LogP contribution in [0.5, 0.6) is 5.75 Å². The van der Waals surface area contributed by atoms with Gasteiger partial charge in [0, 0.05) is 0 Å². The molecular formula is C11H13N3O5. The summed E-state index contributed by atoms with van der Waals surface area (Å²) in [6.07, 6.45) is 0. The maximum absolute atomic E-state index is 11.6. The predicted molar refractivity (Wildman–Crippen MR) is 65.9 cm³/mol. The van der Waals surface area contributed by atoms with E-state index >= 15 is 0 Å². The number of anilines is 1. The van der Waals surface area contributed by atoms with E-state index in [0.29, 0.717) is 0 Å². The molecule has 0 fully saturated rings. The number of nitrogens with one attached hydrogen (secondary N) is 2. The van der Waals surface area contributed by atoms with Crippen molar-refractivity contribution in [2.24, 2.45) is 5.73 Å². The molecule has 8 nitrogen and oxygen atoms in total. The van der Waals surface area contributed by atoms with Gasteiger partial charge in [-0.15, -0.1) is 0 Å². The van der Waals surface area contributed by atoms with Crippen LogP contribution in [0.2, 0.25) is 0 Å². The number of hydrogen-bond acceptors (Lipinski definition) is 4. The normalized spacial score (nSPS) is 11.4. The van der Waals surface area contributed by atoms with Crippen LogP contribution in [0.3, 0.4) is 0 Å². The molecule has 1 aromatic rings. The first-order valence-electron chi connectivity index (χ1n) is 5.25. The van der Waals surface area contributed by atoms with E-state index in [1.165, 1.54) is 25.1 Å². The summed E-state index contributed by atoms with van der Waals surface area (Å²) < 4.78 is 0. The van der Waals surface area contributed by atoms with E-state index in [4.69, 9.17) is 10.8 Å². The van der Waals surface area contributed by atoms with Gasteiger partial charge < -0.3 is 26.6 Å². The predicted octanol–water partition coefficient (Wildman–Crippen LogP) is 0.0857. The average Bonchev–Trinajstić information content (AvgIpc) is 2.30. The van der Waals surface area contributed by atoms with E-state index in [9.17, 15) is 19.5 Å². The number of urea groups is 1. The zero-order chi connectivity index (χ0) is 14.6. The molecule has 0 spiro atoms. The maximum atomic E-state index is 11.6. The van der Waals surface area contributed by atoms with Gasteiger partial charge in [0.05, 0.1) is 5.69 Å². The quantitative estimate of drug-likeness (QED) is 0.491. The average molecular weight is 267 g/mol. The highest BCUT2D eigenvalue weighted by atomic mass is 16.4. The number of carboxylic acid groups (broad SMARTS) is 1. The molecule has 1 atom stereocenters. The molecule has 3 amide bonds. The Hall–Kier alpha value is -2.77. The number of benzene rings is 1. The fourth-order valence-electron chi connectivity index (χ4n) is 1.34. The second-order valence-corrected chi connectivity index (χ2v) is 3.73. The van der Waals surface area contributed by atoms with Crippen LogP contribution in [0, 0.1) is 0 Å². The van der Waals surface area contributed by atoms with Gasteiger partial charge in [0.2, 0.25) is 5.91 Å². The number of hydrogen-bond donors (Lipinski definition) is 5. The molecule has 0 heterocycles. The number of carboxylic acids is 1. The van der Waals surface area contributed by atoms with Crippen LogP contribution in [-0.2, 0) is 4.79 Å². The Morgan fingerprint density at radius 3 is 2.47 bits per heavy atom. The van der Waals surface area contributed by atoms with E-state index in [0.717, 1.165) is 0 Å². The van der Waals surface area contributed by atoms with E-state index in [2.05, 4.69) is 10.6 Å². The minimum Gasteiger partial charge on any atom is -0.505 e. The second kappa shape index (κ2) is 5.71. The molecule has 0 bridgehead atoms. The summed E-state index contributed by atoms with van der Waals surface area (Å²) in [6.45, 7) is 1.39. The van der Waals surface area contributed by atoms with E-state index < -0.39 is 29.7 Å². The van der Waals surface area contributed by atoms with Crippen molar-refractivity contribution in [1.82, 2.24) is 5.32 Å². The van der Waals surface area contributed by atoms with Gasteiger partial charge in [0.25, 0.3) is 0 Å². The first-order chi connectivity index (χ1) is 8.82. The molecule has 6 N–H and O–H groups in total. The maximum Gasteiger partial charge on any atom is 0.339 e. The molecule has 0 aliphatic rings. The molecule has 0 saturated carbocycles. The first-order valence-corrected chi connectivity index (χ1v) is 5.25. The molecule has 1 unspecified atom stereocenters. The standard InChI is InChI=1S/C11H13N3O5/c1-5(13-11(12)19)9(16)14-7-4-2-3-6(8(7)15)10(17)18/h2-5,15H,1H3,(H,14,16)(H,17,18)(H3,12,13,19). The van der Waals surface area contributed by atoms with Crippen LogP contribution >= 0.6 is 0 Å². The molecule has 0 aliphatic heterocycles. The van der Waals surface area contributed by atoms with Crippen LogP contribution in [-0.4, -0.2) is 34.2 Å². The van der Waals surface area contributed by atoms with Gasteiger partial charge in [-0.2, -0.15) is 0 Å². The molecule has 0 aromatic heterocycles. The summed E-state index contributed by atoms with van der Waals surface area (Å²) in [4.78, 5) is 33.0. The third-order valence-electron chi connectivity index (χ3n) is 2.28. The highest BCUT2D eigenvalue weighted by molar-refractivity contribution is 6.00. The summed E-state index contributed by atoms with van der Waals surface area (Å²) in [7, 11) is 0. The number of aromatic hydroxyl groups is 1. The molecule has 8 heteroatoms. The summed E-state index contributed by atoms with van der Waals surface area (Å²) in [5.74, 6) is -2.52. The van der Waals surface area contributed by atoms with Gasteiger partial charge in [0.1, 0.15) is 11.6 Å². The Morgan fingerprint density at radius 2 is 1.95 bits per heavy atom. The lowest BCUT2D eigenvalue weighted by atomic mass is 10.1. The number of para-hydroxylation sites is 1. The number of nitrogens with two attached hydrogens (primary N) is 1. The minimum atomic E-state index is -1.32. The molecule has 1 rings (SSSR count). The topological polar surface area (TPSA) is 142 Å². The van der Waals surface area contributed by atoms with Crippen molar-refractivity contribution in [2.45, 2.75) is 13.0 Å². The number of amides is 3. The van der Waals surface area contributed by atoms with E-state index in [-0.39, 0.29) is 11.3 Å². The zero-order valence-electron chi connectivity index (χ0n) is 10.0. The molecular weight excluding hydrogens is 254 g/mol. The SMILES string of the molecule is CC(NC(N)=O)C(=O)Nc1cccc(C(=O)O)c1O. The number of carbonyl (C=O) groups excluding carboxylic acids is 2. The minimum absolute atomic E-state index is 0.0666. The van der Waals surface area contributed by atoms with Crippen LogP contribution in [0.4, 0.5) is 10.5 Å². The molecule has 0 aliphatic carbocycles. The third-order valence-corrected chi connectivity index (χ3v) is 2.28. The second-order valence-electron chi connectivity index (χ2n) is 3.73. The molecule has 0 radical (unpaired) electrons. The molecule has 102 valence electrons. The van der Waals surface area contributed by atoms with Crippen LogP contribution in [0.1, 0.15) is 17.3 Å². The summed E-state index contributed by atoms with van der Waals surface area (Å²) in [5, 5.41) is 22.9. The Bertz CT molecular complexity index is 529. The summed E-state index contributed by atoms with van der Waals surface area (Å²) in [5.41, 5.74) is 4.45. The molecule has 19 heavy (non-hydrogen) atoms. The number of phenols is 1. The Kier molecular flexibility index (Phi) is 4.30. The van der Waals surface area contributed by atoms with Crippen molar-refractivity contribution >= 4 is 23.6 Å². The lowest BCUT2D eigenvalue weighted by Crippen LogP contribution is -2.44. The Labute approximate surface area is 108 Å². The van der Waals surface area contributed by atoms with Gasteiger partial charge in [-0.3, -0.25) is 4.79 Å². The Morgan fingerprint density at radius 1 is 1.32 bits per heavy atom. The highest BCUT2D eigenvalue weighted by Gasteiger charge is 2.18. The van der Waals surface area contributed by atoms with E-state index in [1.807, 2.05) is 0 Å². The highest BCUT2D eigenvalue weighted by Crippen LogP contribution is 2.27. The van der Waals surface area contributed by atoms with Crippen molar-refractivity contribution in [1.29, 1.82) is 0 Å². The third kappa shape index (κ3) is 3.60. The van der Waals surface area contributed by atoms with Gasteiger partial charge >= 0.3 is 12.0 Å². The van der Waals surface area contributed by atoms with Crippen LogP contribution in [0.15, 0.2) is 18.2 Å². The molecule has 1 aromatic carbocycles. The molecule has 0 saturated heterocycles. The van der Waals surface area contributed by atoms with Crippen molar-refractivity contribution in [3.63, 3.8) is 0 Å². The van der Waals surface area contributed by atoms with Crippen molar-refractivity contribution in [3.05, 3.63) is 23.8 Å². The van der Waals surface area contributed by atoms with Crippen LogP contribution < -0.4 is 16.4 Å². The monoisotopic (exact) mass is 267 g/mol. The summed E-state index contributed by atoms with van der Waals surface area (Å²) >= 11 is 0. The fraction of sp³-hybridized carbons (Fsp3) is 0.182. The largest absolute Gasteiger partial charge is 0.505 e. The van der Waals surface area contributed by atoms with Crippen molar-refractivity contribution in [2.75, 3.05) is 5.32 Å². The van der Waals surface area contributed by atoms with E-state index in [1.54, 1.807) is 0 Å².